The molecule has 118 valence electrons. The predicted octanol–water partition coefficient (Wildman–Crippen LogP) is 4.88. The fourth-order valence-electron chi connectivity index (χ4n) is 3.52. The first-order valence-corrected chi connectivity index (χ1v) is 8.31. The highest BCUT2D eigenvalue weighted by Gasteiger charge is 2.23. The third-order valence-corrected chi connectivity index (χ3v) is 4.95. The van der Waals surface area contributed by atoms with E-state index in [0.717, 1.165) is 27.9 Å². The number of benzene rings is 1. The quantitative estimate of drug-likeness (QED) is 0.644. The monoisotopic (exact) mass is 327 g/mol. The molecule has 4 rings (SSSR count). The van der Waals surface area contributed by atoms with Crippen molar-refractivity contribution in [3.05, 3.63) is 41.9 Å². The third kappa shape index (κ3) is 2.47. The minimum absolute atomic E-state index is 0.503. The summed E-state index contributed by atoms with van der Waals surface area (Å²) in [5, 5.41) is 1.43. The molecule has 1 aliphatic rings. The first kappa shape index (κ1) is 14.5. The summed E-state index contributed by atoms with van der Waals surface area (Å²) >= 11 is 6.41. The number of halogens is 1. The molecule has 0 unspecified atom stereocenters. The van der Waals surface area contributed by atoms with Crippen LogP contribution in [0.15, 0.2) is 36.8 Å². The van der Waals surface area contributed by atoms with Gasteiger partial charge in [-0.15, -0.1) is 0 Å². The summed E-state index contributed by atoms with van der Waals surface area (Å²) in [7, 11) is 1.68. The molecule has 3 aromatic rings. The molecule has 2 aromatic heterocycles. The largest absolute Gasteiger partial charge is 0.497 e. The van der Waals surface area contributed by atoms with Crippen molar-refractivity contribution in [2.75, 3.05) is 7.11 Å². The van der Waals surface area contributed by atoms with Crippen LogP contribution in [0.5, 0.6) is 5.75 Å². The van der Waals surface area contributed by atoms with Gasteiger partial charge in [0.15, 0.2) is 0 Å². The molecule has 0 radical (unpaired) electrons. The van der Waals surface area contributed by atoms with Crippen molar-refractivity contribution < 1.29 is 4.74 Å². The van der Waals surface area contributed by atoms with E-state index in [-0.39, 0.29) is 0 Å². The standard InChI is InChI=1S/C18H18ClN3O/c1-23-14-8-4-5-12(9-14)15-10-22(13-6-2-3-7-13)18-16(15)17(19)20-11-21-18/h4-5,8-11,13H,2-3,6-7H2,1H3. The molecule has 1 aliphatic carbocycles. The van der Waals surface area contributed by atoms with Crippen LogP contribution in [0.2, 0.25) is 5.15 Å². The van der Waals surface area contributed by atoms with E-state index in [0.29, 0.717) is 11.2 Å². The average Bonchev–Trinajstić information content (AvgIpc) is 3.23. The van der Waals surface area contributed by atoms with Gasteiger partial charge in [-0.1, -0.05) is 36.6 Å². The van der Waals surface area contributed by atoms with Gasteiger partial charge in [0.25, 0.3) is 0 Å². The van der Waals surface area contributed by atoms with Crippen molar-refractivity contribution in [3.8, 4) is 16.9 Å². The molecular weight excluding hydrogens is 310 g/mol. The van der Waals surface area contributed by atoms with Gasteiger partial charge >= 0.3 is 0 Å². The highest BCUT2D eigenvalue weighted by Crippen LogP contribution is 2.39. The van der Waals surface area contributed by atoms with Crippen molar-refractivity contribution in [1.82, 2.24) is 14.5 Å². The first-order chi connectivity index (χ1) is 11.3. The Kier molecular flexibility index (Phi) is 3.69. The summed E-state index contributed by atoms with van der Waals surface area (Å²) in [4.78, 5) is 8.70. The maximum Gasteiger partial charge on any atom is 0.145 e. The SMILES string of the molecule is COc1cccc(-c2cn(C3CCCC3)c3ncnc(Cl)c23)c1. The molecule has 1 aromatic carbocycles. The second-order valence-electron chi connectivity index (χ2n) is 5.98. The van der Waals surface area contributed by atoms with Gasteiger partial charge in [0.05, 0.1) is 12.5 Å². The molecule has 0 atom stereocenters. The van der Waals surface area contributed by atoms with Crippen LogP contribution in [0.1, 0.15) is 31.7 Å². The van der Waals surface area contributed by atoms with E-state index < -0.39 is 0 Å². The summed E-state index contributed by atoms with van der Waals surface area (Å²) in [6.07, 6.45) is 8.67. The van der Waals surface area contributed by atoms with Crippen molar-refractivity contribution in [1.29, 1.82) is 0 Å². The van der Waals surface area contributed by atoms with E-state index >= 15 is 0 Å². The Balaban J connectivity index is 1.95. The summed E-state index contributed by atoms with van der Waals surface area (Å²) in [6, 6.07) is 8.53. The lowest BCUT2D eigenvalue weighted by atomic mass is 10.1. The van der Waals surface area contributed by atoms with Crippen LogP contribution < -0.4 is 4.74 Å². The number of aromatic nitrogens is 3. The zero-order valence-corrected chi connectivity index (χ0v) is 13.8. The molecule has 2 heterocycles. The number of ether oxygens (including phenoxy) is 1. The summed E-state index contributed by atoms with van der Waals surface area (Å²) in [5.74, 6) is 0.831. The lowest BCUT2D eigenvalue weighted by Gasteiger charge is -2.12. The maximum absolute atomic E-state index is 6.41. The number of rotatable bonds is 3. The van der Waals surface area contributed by atoms with E-state index in [1.807, 2.05) is 18.2 Å². The molecule has 0 aliphatic heterocycles. The molecule has 23 heavy (non-hydrogen) atoms. The van der Waals surface area contributed by atoms with Crippen molar-refractivity contribution >= 4 is 22.6 Å². The van der Waals surface area contributed by atoms with Crippen LogP contribution in [0.3, 0.4) is 0 Å². The van der Waals surface area contributed by atoms with Gasteiger partial charge in [0.1, 0.15) is 22.9 Å². The summed E-state index contributed by atoms with van der Waals surface area (Å²) in [5.41, 5.74) is 3.06. The third-order valence-electron chi connectivity index (χ3n) is 4.66. The van der Waals surface area contributed by atoms with Crippen LogP contribution in [0, 0.1) is 0 Å². The van der Waals surface area contributed by atoms with Gasteiger partial charge in [-0.2, -0.15) is 0 Å². The van der Waals surface area contributed by atoms with E-state index in [9.17, 15) is 0 Å². The van der Waals surface area contributed by atoms with Gasteiger partial charge < -0.3 is 9.30 Å². The average molecular weight is 328 g/mol. The minimum atomic E-state index is 0.503. The second-order valence-corrected chi connectivity index (χ2v) is 6.34. The van der Waals surface area contributed by atoms with Crippen LogP contribution >= 0.6 is 11.6 Å². The Morgan fingerprint density at radius 2 is 2.04 bits per heavy atom. The molecule has 0 bridgehead atoms. The Morgan fingerprint density at radius 3 is 2.83 bits per heavy atom. The van der Waals surface area contributed by atoms with Gasteiger partial charge in [-0.05, 0) is 30.5 Å². The fourth-order valence-corrected chi connectivity index (χ4v) is 3.75. The number of nitrogens with zero attached hydrogens (tertiary/aromatic N) is 3. The van der Waals surface area contributed by atoms with Crippen LogP contribution in [-0.4, -0.2) is 21.6 Å². The first-order valence-electron chi connectivity index (χ1n) is 7.93. The fraction of sp³-hybridized carbons (Fsp3) is 0.333. The van der Waals surface area contributed by atoms with Crippen molar-refractivity contribution in [2.45, 2.75) is 31.7 Å². The van der Waals surface area contributed by atoms with E-state index in [2.05, 4.69) is 26.8 Å². The van der Waals surface area contributed by atoms with Gasteiger partial charge in [-0.3, -0.25) is 0 Å². The van der Waals surface area contributed by atoms with Crippen molar-refractivity contribution in [3.63, 3.8) is 0 Å². The smallest absolute Gasteiger partial charge is 0.145 e. The Labute approximate surface area is 140 Å². The highest BCUT2D eigenvalue weighted by molar-refractivity contribution is 6.35. The van der Waals surface area contributed by atoms with Gasteiger partial charge in [0.2, 0.25) is 0 Å². The minimum Gasteiger partial charge on any atom is -0.497 e. The summed E-state index contributed by atoms with van der Waals surface area (Å²) < 4.78 is 7.64. The number of fused-ring (bicyclic) bond motifs is 1. The van der Waals surface area contributed by atoms with E-state index in [4.69, 9.17) is 16.3 Å². The van der Waals surface area contributed by atoms with E-state index in [1.165, 1.54) is 25.7 Å². The van der Waals surface area contributed by atoms with Gasteiger partial charge in [-0.25, -0.2) is 9.97 Å². The molecule has 5 heteroatoms. The number of methoxy groups -OCH3 is 1. The van der Waals surface area contributed by atoms with E-state index in [1.54, 1.807) is 13.4 Å². The molecule has 0 N–H and O–H groups in total. The maximum atomic E-state index is 6.41. The topological polar surface area (TPSA) is 39.9 Å². The molecule has 0 spiro atoms. The van der Waals surface area contributed by atoms with Crippen LogP contribution in [0.25, 0.3) is 22.2 Å². The van der Waals surface area contributed by atoms with Gasteiger partial charge in [0, 0.05) is 17.8 Å². The number of hydrogen-bond acceptors (Lipinski definition) is 3. The summed E-state index contributed by atoms with van der Waals surface area (Å²) in [6.45, 7) is 0. The molecule has 1 saturated carbocycles. The lowest BCUT2D eigenvalue weighted by molar-refractivity contribution is 0.415. The Bertz CT molecular complexity index is 853. The Morgan fingerprint density at radius 1 is 1.22 bits per heavy atom. The second kappa shape index (κ2) is 5.85. The molecule has 1 fully saturated rings. The Hall–Kier alpha value is -2.07. The predicted molar refractivity (Wildman–Crippen MR) is 92.0 cm³/mol. The molecular formula is C18H18ClN3O. The number of hydrogen-bond donors (Lipinski definition) is 0. The zero-order valence-electron chi connectivity index (χ0n) is 13.0. The lowest BCUT2D eigenvalue weighted by Crippen LogP contribution is -2.03. The van der Waals surface area contributed by atoms with Crippen LogP contribution in [0.4, 0.5) is 0 Å². The zero-order chi connectivity index (χ0) is 15.8. The van der Waals surface area contributed by atoms with Crippen molar-refractivity contribution in [2.24, 2.45) is 0 Å². The molecule has 0 amide bonds. The molecule has 4 nitrogen and oxygen atoms in total. The normalized spacial score (nSPS) is 15.4. The van der Waals surface area contributed by atoms with Crippen LogP contribution in [-0.2, 0) is 0 Å². The molecule has 0 saturated heterocycles. The highest BCUT2D eigenvalue weighted by atomic mass is 35.5.